The Morgan fingerprint density at radius 1 is 1.19 bits per heavy atom. The molecule has 0 bridgehead atoms. The largest absolute Gasteiger partial charge is 0.484 e. The molecule has 2 aromatic rings. The second kappa shape index (κ2) is 10.1. The molecule has 164 valence electrons. The lowest BCUT2D eigenvalue weighted by Gasteiger charge is -2.17. The zero-order valence-corrected chi connectivity index (χ0v) is 17.6. The second-order valence-corrected chi connectivity index (χ2v) is 7.65. The highest BCUT2D eigenvalue weighted by Crippen LogP contribution is 2.27. The molecule has 1 fully saturated rings. The van der Waals surface area contributed by atoms with E-state index < -0.39 is 12.0 Å². The summed E-state index contributed by atoms with van der Waals surface area (Å²) in [5.41, 5.74) is 2.37. The van der Waals surface area contributed by atoms with Gasteiger partial charge in [0.15, 0.2) is 6.61 Å². The zero-order valence-electron chi connectivity index (χ0n) is 17.6. The number of benzene rings is 2. The van der Waals surface area contributed by atoms with Crippen molar-refractivity contribution in [3.8, 4) is 5.75 Å². The third kappa shape index (κ3) is 6.05. The van der Waals surface area contributed by atoms with Crippen LogP contribution >= 0.6 is 0 Å². The lowest BCUT2D eigenvalue weighted by Crippen LogP contribution is -2.36. The average molecular weight is 425 g/mol. The predicted octanol–water partition coefficient (Wildman–Crippen LogP) is 1.86. The van der Waals surface area contributed by atoms with E-state index in [1.165, 1.54) is 0 Å². The molecule has 8 heteroatoms. The summed E-state index contributed by atoms with van der Waals surface area (Å²) >= 11 is 0. The molecular weight excluding hydrogens is 398 g/mol. The fourth-order valence-electron chi connectivity index (χ4n) is 3.30. The van der Waals surface area contributed by atoms with Gasteiger partial charge in [0.05, 0.1) is 12.0 Å². The summed E-state index contributed by atoms with van der Waals surface area (Å²) in [5, 5.41) is 14.7. The van der Waals surface area contributed by atoms with Crippen molar-refractivity contribution < 1.29 is 24.2 Å². The summed E-state index contributed by atoms with van der Waals surface area (Å²) in [6, 6.07) is 14.3. The lowest BCUT2D eigenvalue weighted by molar-refractivity contribution is -0.126. The molecule has 3 N–H and O–H groups in total. The molecule has 2 aromatic carbocycles. The fraction of sp³-hybridized carbons (Fsp3) is 0.348. The van der Waals surface area contributed by atoms with Gasteiger partial charge in [-0.3, -0.25) is 14.4 Å². The van der Waals surface area contributed by atoms with E-state index in [0.717, 1.165) is 11.3 Å². The molecule has 1 heterocycles. The molecule has 3 rings (SSSR count). The second-order valence-electron chi connectivity index (χ2n) is 7.65. The standard InChI is InChI=1S/C23H27N3O5/c1-15-5-3-4-6-20(15)25-21(28)14-31-19-9-7-18(8-10-19)26-13-17(11-22(26)29)23(30)24-12-16(2)27/h3-10,16-17,27H,11-14H2,1-2H3,(H,24,30)(H,25,28)/t16-,17+/m0/s1. The Morgan fingerprint density at radius 3 is 2.58 bits per heavy atom. The van der Waals surface area contributed by atoms with Gasteiger partial charge in [-0.15, -0.1) is 0 Å². The smallest absolute Gasteiger partial charge is 0.262 e. The molecule has 2 atom stereocenters. The molecule has 1 aliphatic rings. The molecule has 0 unspecified atom stereocenters. The molecule has 0 spiro atoms. The summed E-state index contributed by atoms with van der Waals surface area (Å²) in [4.78, 5) is 38.2. The summed E-state index contributed by atoms with van der Waals surface area (Å²) in [6.45, 7) is 3.80. The van der Waals surface area contributed by atoms with Crippen molar-refractivity contribution in [1.82, 2.24) is 5.32 Å². The predicted molar refractivity (Wildman–Crippen MR) is 117 cm³/mol. The van der Waals surface area contributed by atoms with Crippen LogP contribution < -0.4 is 20.3 Å². The van der Waals surface area contributed by atoms with E-state index >= 15 is 0 Å². The van der Waals surface area contributed by atoms with Crippen molar-refractivity contribution in [2.45, 2.75) is 26.4 Å². The van der Waals surface area contributed by atoms with E-state index in [4.69, 9.17) is 4.74 Å². The van der Waals surface area contributed by atoms with E-state index in [0.29, 0.717) is 11.4 Å². The van der Waals surface area contributed by atoms with Crippen LogP contribution in [-0.4, -0.2) is 48.6 Å². The highest BCUT2D eigenvalue weighted by Gasteiger charge is 2.35. The minimum atomic E-state index is -0.636. The van der Waals surface area contributed by atoms with Gasteiger partial charge in [0.25, 0.3) is 5.91 Å². The van der Waals surface area contributed by atoms with Gasteiger partial charge in [0.2, 0.25) is 11.8 Å². The van der Waals surface area contributed by atoms with Crippen molar-refractivity contribution in [2.24, 2.45) is 5.92 Å². The van der Waals surface area contributed by atoms with Crippen molar-refractivity contribution in [3.05, 3.63) is 54.1 Å². The molecular formula is C23H27N3O5. The van der Waals surface area contributed by atoms with Crippen LogP contribution in [0.3, 0.4) is 0 Å². The topological polar surface area (TPSA) is 108 Å². The highest BCUT2D eigenvalue weighted by atomic mass is 16.5. The van der Waals surface area contributed by atoms with Crippen LogP contribution in [0.15, 0.2) is 48.5 Å². The van der Waals surface area contributed by atoms with Crippen LogP contribution in [0.25, 0.3) is 0 Å². The van der Waals surface area contributed by atoms with Crippen LogP contribution in [0, 0.1) is 12.8 Å². The first kappa shape index (κ1) is 22.3. The first-order valence-corrected chi connectivity index (χ1v) is 10.2. The third-order valence-electron chi connectivity index (χ3n) is 5.01. The number of anilines is 2. The number of nitrogens with zero attached hydrogens (tertiary/aromatic N) is 1. The molecule has 1 saturated heterocycles. The molecule has 0 saturated carbocycles. The SMILES string of the molecule is Cc1ccccc1NC(=O)COc1ccc(N2C[C@H](C(=O)NC[C@H](C)O)CC2=O)cc1. The number of ether oxygens (including phenoxy) is 1. The monoisotopic (exact) mass is 425 g/mol. The Bertz CT molecular complexity index is 942. The van der Waals surface area contributed by atoms with Gasteiger partial charge >= 0.3 is 0 Å². The molecule has 1 aliphatic heterocycles. The number of carbonyl (C=O) groups excluding carboxylic acids is 3. The number of para-hydroxylation sites is 1. The maximum Gasteiger partial charge on any atom is 0.262 e. The van der Waals surface area contributed by atoms with Crippen LogP contribution in [0.2, 0.25) is 0 Å². The number of amides is 3. The molecule has 31 heavy (non-hydrogen) atoms. The summed E-state index contributed by atoms with van der Waals surface area (Å²) in [5.74, 6) is -0.590. The third-order valence-corrected chi connectivity index (χ3v) is 5.01. The van der Waals surface area contributed by atoms with Gasteiger partial charge in [-0.05, 0) is 49.7 Å². The number of rotatable bonds is 8. The molecule has 0 aliphatic carbocycles. The van der Waals surface area contributed by atoms with Crippen LogP contribution in [0.1, 0.15) is 18.9 Å². The van der Waals surface area contributed by atoms with Crippen molar-refractivity contribution in [3.63, 3.8) is 0 Å². The van der Waals surface area contributed by atoms with Crippen molar-refractivity contribution >= 4 is 29.1 Å². The molecule has 8 nitrogen and oxygen atoms in total. The number of nitrogens with one attached hydrogen (secondary N) is 2. The van der Waals surface area contributed by atoms with Gasteiger partial charge in [0.1, 0.15) is 5.75 Å². The number of aliphatic hydroxyl groups excluding tert-OH is 1. The van der Waals surface area contributed by atoms with Crippen molar-refractivity contribution in [1.29, 1.82) is 0 Å². The number of aliphatic hydroxyl groups is 1. The molecule has 0 aromatic heterocycles. The van der Waals surface area contributed by atoms with E-state index in [1.807, 2.05) is 31.2 Å². The Kier molecular flexibility index (Phi) is 7.25. The Balaban J connectivity index is 1.51. The summed E-state index contributed by atoms with van der Waals surface area (Å²) < 4.78 is 5.53. The van der Waals surface area contributed by atoms with Crippen LogP contribution in [0.4, 0.5) is 11.4 Å². The van der Waals surface area contributed by atoms with Gasteiger partial charge in [-0.25, -0.2) is 0 Å². The van der Waals surface area contributed by atoms with Gasteiger partial charge in [-0.1, -0.05) is 18.2 Å². The van der Waals surface area contributed by atoms with E-state index in [-0.39, 0.29) is 43.8 Å². The van der Waals surface area contributed by atoms with Crippen molar-refractivity contribution in [2.75, 3.05) is 29.9 Å². The van der Waals surface area contributed by atoms with Gasteiger partial charge in [-0.2, -0.15) is 0 Å². The number of carbonyl (C=O) groups is 3. The van der Waals surface area contributed by atoms with E-state index in [9.17, 15) is 19.5 Å². The molecule has 3 amide bonds. The summed E-state index contributed by atoms with van der Waals surface area (Å²) in [7, 11) is 0. The van der Waals surface area contributed by atoms with E-state index in [2.05, 4.69) is 10.6 Å². The number of aryl methyl sites for hydroxylation is 1. The zero-order chi connectivity index (χ0) is 22.4. The molecule has 0 radical (unpaired) electrons. The Hall–Kier alpha value is -3.39. The lowest BCUT2D eigenvalue weighted by atomic mass is 10.1. The first-order chi connectivity index (χ1) is 14.8. The minimum absolute atomic E-state index is 0.128. The minimum Gasteiger partial charge on any atom is -0.484 e. The average Bonchev–Trinajstić information content (AvgIpc) is 3.14. The normalized spacial score (nSPS) is 16.7. The number of hydrogen-bond acceptors (Lipinski definition) is 5. The Morgan fingerprint density at radius 2 is 1.90 bits per heavy atom. The maximum absolute atomic E-state index is 12.3. The number of hydrogen-bond donors (Lipinski definition) is 3. The highest BCUT2D eigenvalue weighted by molar-refractivity contribution is 6.00. The van der Waals surface area contributed by atoms with Gasteiger partial charge < -0.3 is 25.4 Å². The Labute approximate surface area is 181 Å². The quantitative estimate of drug-likeness (QED) is 0.598. The first-order valence-electron chi connectivity index (χ1n) is 10.2. The summed E-state index contributed by atoms with van der Waals surface area (Å²) in [6.07, 6.45) is -0.508. The van der Waals surface area contributed by atoms with Crippen LogP contribution in [0.5, 0.6) is 5.75 Å². The van der Waals surface area contributed by atoms with Crippen LogP contribution in [-0.2, 0) is 14.4 Å². The fourth-order valence-corrected chi connectivity index (χ4v) is 3.30. The maximum atomic E-state index is 12.3. The van der Waals surface area contributed by atoms with E-state index in [1.54, 1.807) is 36.1 Å². The van der Waals surface area contributed by atoms with Gasteiger partial charge in [0, 0.05) is 30.9 Å².